The van der Waals surface area contributed by atoms with Gasteiger partial charge in [-0.1, -0.05) is 12.2 Å². The Morgan fingerprint density at radius 3 is 2.89 bits per heavy atom. The zero-order valence-electron chi connectivity index (χ0n) is 10.7. The summed E-state index contributed by atoms with van der Waals surface area (Å²) in [7, 11) is 0. The van der Waals surface area contributed by atoms with Crippen molar-refractivity contribution < 1.29 is 4.42 Å². The molecule has 2 rings (SSSR count). The highest BCUT2D eigenvalue weighted by molar-refractivity contribution is 7.80. The molecule has 1 unspecified atom stereocenters. The molecule has 0 saturated carbocycles. The minimum Gasteiger partial charge on any atom is -0.469 e. The number of thiocarbonyl (C=S) groups is 1. The molecule has 100 valence electrons. The lowest BCUT2D eigenvalue weighted by atomic mass is 10.1. The van der Waals surface area contributed by atoms with E-state index in [9.17, 15) is 0 Å². The fourth-order valence-corrected chi connectivity index (χ4v) is 1.77. The molecule has 5 nitrogen and oxygen atoms in total. The predicted octanol–water partition coefficient (Wildman–Crippen LogP) is 2.14. The van der Waals surface area contributed by atoms with E-state index in [1.165, 1.54) is 0 Å². The van der Waals surface area contributed by atoms with Crippen molar-refractivity contribution in [2.45, 2.75) is 25.8 Å². The summed E-state index contributed by atoms with van der Waals surface area (Å²) >= 11 is 4.82. The molecule has 0 aromatic carbocycles. The van der Waals surface area contributed by atoms with E-state index in [1.54, 1.807) is 18.7 Å². The zero-order chi connectivity index (χ0) is 13.7. The Morgan fingerprint density at radius 2 is 2.32 bits per heavy atom. The number of hydrogen-bond donors (Lipinski definition) is 2. The van der Waals surface area contributed by atoms with Crippen molar-refractivity contribution in [2.75, 3.05) is 5.32 Å². The summed E-state index contributed by atoms with van der Waals surface area (Å²) in [4.78, 5) is 8.61. The van der Waals surface area contributed by atoms with Crippen LogP contribution in [-0.4, -0.2) is 21.0 Å². The number of rotatable bonds is 6. The van der Waals surface area contributed by atoms with Gasteiger partial charge in [0, 0.05) is 12.5 Å². The van der Waals surface area contributed by atoms with E-state index in [2.05, 4.69) is 22.2 Å². The monoisotopic (exact) mass is 276 g/mol. The number of aryl methyl sites for hydroxylation is 1. The van der Waals surface area contributed by atoms with Crippen LogP contribution < -0.4 is 11.1 Å². The first-order valence-corrected chi connectivity index (χ1v) is 6.47. The smallest absolute Gasteiger partial charge is 0.144 e. The van der Waals surface area contributed by atoms with Crippen LogP contribution in [-0.2, 0) is 6.42 Å². The Balaban J connectivity index is 1.84. The first kappa shape index (κ1) is 13.5. The van der Waals surface area contributed by atoms with Gasteiger partial charge < -0.3 is 15.5 Å². The molecule has 0 spiro atoms. The lowest BCUT2D eigenvalue weighted by Gasteiger charge is -2.13. The molecule has 2 aromatic heterocycles. The molecular weight excluding hydrogens is 260 g/mol. The molecule has 0 aliphatic carbocycles. The fourth-order valence-electron chi connectivity index (χ4n) is 1.67. The highest BCUT2D eigenvalue weighted by atomic mass is 32.1. The van der Waals surface area contributed by atoms with Crippen molar-refractivity contribution >= 4 is 23.0 Å². The van der Waals surface area contributed by atoms with Crippen LogP contribution in [0.15, 0.2) is 35.2 Å². The van der Waals surface area contributed by atoms with Gasteiger partial charge in [0.2, 0.25) is 0 Å². The third-order valence-corrected chi connectivity index (χ3v) is 2.91. The van der Waals surface area contributed by atoms with Crippen molar-refractivity contribution in [3.63, 3.8) is 0 Å². The van der Waals surface area contributed by atoms with Crippen LogP contribution in [0.2, 0.25) is 0 Å². The molecule has 2 aromatic rings. The summed E-state index contributed by atoms with van der Waals surface area (Å²) in [5.74, 6) is 1.70. The molecule has 0 aliphatic heterocycles. The van der Waals surface area contributed by atoms with Gasteiger partial charge >= 0.3 is 0 Å². The van der Waals surface area contributed by atoms with Gasteiger partial charge in [0.1, 0.15) is 22.3 Å². The molecule has 0 fully saturated rings. The highest BCUT2D eigenvalue weighted by Crippen LogP contribution is 2.09. The van der Waals surface area contributed by atoms with Gasteiger partial charge in [-0.2, -0.15) is 0 Å². The van der Waals surface area contributed by atoms with Crippen LogP contribution in [0.5, 0.6) is 0 Å². The molecule has 1 atom stereocenters. The highest BCUT2D eigenvalue weighted by Gasteiger charge is 2.06. The second-order valence-electron chi connectivity index (χ2n) is 4.31. The fraction of sp³-hybridized carbons (Fsp3) is 0.308. The van der Waals surface area contributed by atoms with E-state index >= 15 is 0 Å². The largest absolute Gasteiger partial charge is 0.469 e. The Labute approximate surface area is 117 Å². The number of furan rings is 1. The number of nitrogens with two attached hydrogens (primary N) is 1. The van der Waals surface area contributed by atoms with Crippen molar-refractivity contribution in [3.8, 4) is 0 Å². The van der Waals surface area contributed by atoms with Crippen molar-refractivity contribution in [1.82, 2.24) is 9.97 Å². The van der Waals surface area contributed by atoms with Crippen LogP contribution in [0.1, 0.15) is 24.8 Å². The van der Waals surface area contributed by atoms with Gasteiger partial charge in [-0.05, 0) is 25.5 Å². The SMILES string of the molecule is CC(CCc1ccco1)Nc1cnc(C(N)=S)cn1. The van der Waals surface area contributed by atoms with E-state index in [0.717, 1.165) is 18.6 Å². The summed E-state index contributed by atoms with van der Waals surface area (Å²) in [5, 5.41) is 3.27. The summed E-state index contributed by atoms with van der Waals surface area (Å²) in [6, 6.07) is 4.15. The third kappa shape index (κ3) is 4.03. The molecule has 0 bridgehead atoms. The minimum absolute atomic E-state index is 0.255. The number of nitrogens with one attached hydrogen (secondary N) is 1. The Kier molecular flexibility index (Phi) is 4.46. The van der Waals surface area contributed by atoms with Gasteiger partial charge in [0.15, 0.2) is 0 Å². The van der Waals surface area contributed by atoms with Gasteiger partial charge in [-0.15, -0.1) is 0 Å². The number of anilines is 1. The zero-order valence-corrected chi connectivity index (χ0v) is 11.5. The third-order valence-electron chi connectivity index (χ3n) is 2.70. The van der Waals surface area contributed by atoms with E-state index < -0.39 is 0 Å². The predicted molar refractivity (Wildman–Crippen MR) is 78.0 cm³/mol. The van der Waals surface area contributed by atoms with Crippen LogP contribution in [0, 0.1) is 0 Å². The molecule has 0 radical (unpaired) electrons. The quantitative estimate of drug-likeness (QED) is 0.787. The number of hydrogen-bond acceptors (Lipinski definition) is 5. The van der Waals surface area contributed by atoms with Crippen LogP contribution in [0.3, 0.4) is 0 Å². The molecule has 0 saturated heterocycles. The lowest BCUT2D eigenvalue weighted by Crippen LogP contribution is -2.18. The van der Waals surface area contributed by atoms with Gasteiger partial charge in [0.05, 0.1) is 18.7 Å². The topological polar surface area (TPSA) is 77.0 Å². The summed E-state index contributed by atoms with van der Waals surface area (Å²) in [5.41, 5.74) is 6.00. The molecule has 19 heavy (non-hydrogen) atoms. The second kappa shape index (κ2) is 6.29. The van der Waals surface area contributed by atoms with Gasteiger partial charge in [-0.3, -0.25) is 0 Å². The normalized spacial score (nSPS) is 12.1. The minimum atomic E-state index is 0.255. The Bertz CT molecular complexity index is 524. The van der Waals surface area contributed by atoms with E-state index in [1.807, 2.05) is 12.1 Å². The summed E-state index contributed by atoms with van der Waals surface area (Å²) in [6.07, 6.45) is 6.74. The maximum atomic E-state index is 5.47. The first-order valence-electron chi connectivity index (χ1n) is 6.06. The summed E-state index contributed by atoms with van der Waals surface area (Å²) in [6.45, 7) is 2.09. The van der Waals surface area contributed by atoms with Gasteiger partial charge in [-0.25, -0.2) is 9.97 Å². The van der Waals surface area contributed by atoms with Crippen LogP contribution >= 0.6 is 12.2 Å². The Hall–Kier alpha value is -1.95. The van der Waals surface area contributed by atoms with E-state index in [4.69, 9.17) is 22.4 Å². The van der Waals surface area contributed by atoms with Crippen molar-refractivity contribution in [2.24, 2.45) is 5.73 Å². The average molecular weight is 276 g/mol. The molecule has 2 heterocycles. The van der Waals surface area contributed by atoms with E-state index in [-0.39, 0.29) is 11.0 Å². The molecular formula is C13H16N4OS. The molecule has 0 amide bonds. The van der Waals surface area contributed by atoms with Gasteiger partial charge in [0.25, 0.3) is 0 Å². The second-order valence-corrected chi connectivity index (χ2v) is 4.75. The van der Waals surface area contributed by atoms with Crippen molar-refractivity contribution in [1.29, 1.82) is 0 Å². The molecule has 3 N–H and O–H groups in total. The van der Waals surface area contributed by atoms with Crippen LogP contribution in [0.25, 0.3) is 0 Å². The average Bonchev–Trinajstić information content (AvgIpc) is 2.90. The number of aromatic nitrogens is 2. The summed E-state index contributed by atoms with van der Waals surface area (Å²) < 4.78 is 5.29. The standard InChI is InChI=1S/C13H16N4OS/c1-9(4-5-10-3-2-6-18-10)17-12-8-15-11(7-16-12)13(14)19/h2-3,6-9H,4-5H2,1H3,(H2,14,19)(H,16,17). The van der Waals surface area contributed by atoms with Crippen LogP contribution in [0.4, 0.5) is 5.82 Å². The first-order chi connectivity index (χ1) is 9.15. The lowest BCUT2D eigenvalue weighted by molar-refractivity contribution is 0.495. The Morgan fingerprint density at radius 1 is 1.47 bits per heavy atom. The maximum Gasteiger partial charge on any atom is 0.144 e. The van der Waals surface area contributed by atoms with E-state index in [0.29, 0.717) is 11.5 Å². The molecule has 0 aliphatic rings. The molecule has 6 heteroatoms. The maximum absolute atomic E-state index is 5.47. The van der Waals surface area contributed by atoms with Crippen molar-refractivity contribution in [3.05, 3.63) is 42.2 Å². The number of nitrogens with zero attached hydrogens (tertiary/aromatic N) is 2.